The number of hydrogen-bond acceptors (Lipinski definition) is 0. The van der Waals surface area contributed by atoms with Gasteiger partial charge in [-0.15, -0.1) is 0 Å². The van der Waals surface area contributed by atoms with E-state index in [1.165, 1.54) is 64.2 Å². The van der Waals surface area contributed by atoms with Crippen LogP contribution < -0.4 is 0 Å². The van der Waals surface area contributed by atoms with Crippen molar-refractivity contribution in [3.8, 4) is 0 Å². The first-order valence-corrected chi connectivity index (χ1v) is 6.83. The minimum Gasteiger partial charge on any atom is -0.0654 e. The second-order valence-electron chi connectivity index (χ2n) is 4.12. The molecule has 0 bridgehead atoms. The molecule has 14 heavy (non-hydrogen) atoms. The van der Waals surface area contributed by atoms with Gasteiger partial charge in [-0.25, -0.2) is 0 Å². The molecule has 0 aromatic carbocycles. The van der Waals surface area contributed by atoms with Crippen molar-refractivity contribution in [2.24, 2.45) is 0 Å². The molecule has 0 aromatic rings. The van der Waals surface area contributed by atoms with Crippen molar-refractivity contribution in [1.29, 1.82) is 0 Å². The van der Waals surface area contributed by atoms with Crippen molar-refractivity contribution in [2.45, 2.75) is 91.9 Å². The van der Waals surface area contributed by atoms with Gasteiger partial charge in [-0.05, 0) is 0 Å². The van der Waals surface area contributed by atoms with Crippen LogP contribution in [0.3, 0.4) is 0 Å². The minimum atomic E-state index is 1.32. The van der Waals surface area contributed by atoms with Gasteiger partial charge in [0.2, 0.25) is 0 Å². The first kappa shape index (κ1) is 16.4. The average molecular weight is 200 g/mol. The Morgan fingerprint density at radius 1 is 0.500 bits per heavy atom. The quantitative estimate of drug-likeness (QED) is 0.492. The summed E-state index contributed by atoms with van der Waals surface area (Å²) in [7, 11) is 0. The van der Waals surface area contributed by atoms with Gasteiger partial charge in [0.15, 0.2) is 0 Å². The number of rotatable bonds is 4. The lowest BCUT2D eigenvalue weighted by Gasteiger charge is -2.05. The summed E-state index contributed by atoms with van der Waals surface area (Å²) in [6.07, 6.45) is 14.2. The Labute approximate surface area is 92.5 Å². The first-order chi connectivity index (χ1) is 6.83. The number of hydrogen-bond donors (Lipinski definition) is 0. The number of unbranched alkanes of at least 4 members (excludes halogenated alkanes) is 4. The second-order valence-corrected chi connectivity index (χ2v) is 4.12. The van der Waals surface area contributed by atoms with Crippen molar-refractivity contribution in [3.63, 3.8) is 0 Å². The summed E-state index contributed by atoms with van der Waals surface area (Å²) < 4.78 is 0. The maximum atomic E-state index is 2.23. The third-order valence-electron chi connectivity index (χ3n) is 2.46. The highest BCUT2D eigenvalue weighted by Crippen LogP contribution is 2.15. The highest BCUT2D eigenvalue weighted by Gasteiger charge is 1.95. The Kier molecular flexibility index (Phi) is 22.0. The van der Waals surface area contributed by atoms with Gasteiger partial charge >= 0.3 is 0 Å². The lowest BCUT2D eigenvalue weighted by Crippen LogP contribution is -1.85. The summed E-state index contributed by atoms with van der Waals surface area (Å²) in [5.41, 5.74) is 0. The Balaban J connectivity index is 0. The van der Waals surface area contributed by atoms with Crippen LogP contribution in [0.25, 0.3) is 0 Å². The molecule has 1 saturated carbocycles. The van der Waals surface area contributed by atoms with E-state index in [0.717, 1.165) is 0 Å². The van der Waals surface area contributed by atoms with E-state index in [9.17, 15) is 0 Å². The summed E-state index contributed by atoms with van der Waals surface area (Å²) in [5, 5.41) is 0. The molecular weight excluding hydrogens is 168 g/mol. The van der Waals surface area contributed by atoms with Crippen LogP contribution >= 0.6 is 0 Å². The van der Waals surface area contributed by atoms with Crippen LogP contribution in [0.5, 0.6) is 0 Å². The zero-order chi connectivity index (χ0) is 11.1. The standard InChI is InChI=1S/C6H14.C4H8.C4H10/c1-3-5-6-4-2;1-2-4-3-1;1-3-4-2/h3-6H2,1-2H3;1-4H2;3-4H2,1-2H3. The largest absolute Gasteiger partial charge is 0.0654 e. The summed E-state index contributed by atoms with van der Waals surface area (Å²) >= 11 is 0. The Morgan fingerprint density at radius 2 is 0.786 bits per heavy atom. The summed E-state index contributed by atoms with van der Waals surface area (Å²) in [4.78, 5) is 0. The molecule has 0 atom stereocenters. The molecule has 1 rings (SSSR count). The fraction of sp³-hybridized carbons (Fsp3) is 1.00. The summed E-state index contributed by atoms with van der Waals surface area (Å²) in [5.74, 6) is 0. The summed E-state index contributed by atoms with van der Waals surface area (Å²) in [6, 6.07) is 0. The van der Waals surface area contributed by atoms with Gasteiger partial charge < -0.3 is 0 Å². The van der Waals surface area contributed by atoms with Crippen molar-refractivity contribution < 1.29 is 0 Å². The van der Waals surface area contributed by atoms with Crippen LogP contribution in [-0.2, 0) is 0 Å². The Hall–Kier alpha value is 0. The van der Waals surface area contributed by atoms with E-state index in [4.69, 9.17) is 0 Å². The molecule has 1 fully saturated rings. The first-order valence-electron chi connectivity index (χ1n) is 6.83. The van der Waals surface area contributed by atoms with Crippen LogP contribution in [0.2, 0.25) is 0 Å². The molecule has 0 amide bonds. The van der Waals surface area contributed by atoms with Crippen LogP contribution in [0.1, 0.15) is 91.9 Å². The molecule has 0 nitrogen and oxygen atoms in total. The smallest absolute Gasteiger partial charge is 0.0533 e. The fourth-order valence-electron chi connectivity index (χ4n) is 0.750. The van der Waals surface area contributed by atoms with E-state index in [0.29, 0.717) is 0 Å². The molecule has 0 aromatic heterocycles. The predicted molar refractivity (Wildman–Crippen MR) is 68.9 cm³/mol. The maximum Gasteiger partial charge on any atom is -0.0533 e. The zero-order valence-corrected chi connectivity index (χ0v) is 11.1. The van der Waals surface area contributed by atoms with E-state index < -0.39 is 0 Å². The van der Waals surface area contributed by atoms with Crippen LogP contribution in [-0.4, -0.2) is 0 Å². The molecule has 0 saturated heterocycles. The predicted octanol–water partition coefficient (Wildman–Crippen LogP) is 5.95. The average Bonchev–Trinajstić information content (AvgIpc) is 2.12. The van der Waals surface area contributed by atoms with Crippen LogP contribution in [0.4, 0.5) is 0 Å². The molecule has 0 radical (unpaired) electrons. The molecule has 0 spiro atoms. The monoisotopic (exact) mass is 200 g/mol. The molecule has 0 unspecified atom stereocenters. The molecule has 0 N–H and O–H groups in total. The molecular formula is C14H32. The molecule has 0 aliphatic heterocycles. The van der Waals surface area contributed by atoms with Crippen LogP contribution in [0, 0.1) is 0 Å². The molecule has 0 heteroatoms. The lowest BCUT2D eigenvalue weighted by molar-refractivity contribution is 0.504. The van der Waals surface area contributed by atoms with Gasteiger partial charge in [0.05, 0.1) is 0 Å². The highest BCUT2D eigenvalue weighted by atomic mass is 14.0. The van der Waals surface area contributed by atoms with Crippen molar-refractivity contribution in [2.75, 3.05) is 0 Å². The van der Waals surface area contributed by atoms with E-state index in [1.54, 1.807) is 0 Å². The Bertz CT molecular complexity index is 52.4. The van der Waals surface area contributed by atoms with Crippen molar-refractivity contribution in [3.05, 3.63) is 0 Å². The van der Waals surface area contributed by atoms with E-state index >= 15 is 0 Å². The van der Waals surface area contributed by atoms with Gasteiger partial charge in [-0.3, -0.25) is 0 Å². The van der Waals surface area contributed by atoms with E-state index in [1.807, 2.05) is 0 Å². The molecule has 0 heterocycles. The lowest BCUT2D eigenvalue weighted by atomic mass is 10.0. The third kappa shape index (κ3) is 22.7. The Morgan fingerprint density at radius 3 is 0.857 bits per heavy atom. The third-order valence-corrected chi connectivity index (χ3v) is 2.46. The van der Waals surface area contributed by atoms with Crippen molar-refractivity contribution >= 4 is 0 Å². The van der Waals surface area contributed by atoms with Crippen molar-refractivity contribution in [1.82, 2.24) is 0 Å². The molecule has 1 aliphatic rings. The van der Waals surface area contributed by atoms with Gasteiger partial charge in [-0.2, -0.15) is 0 Å². The van der Waals surface area contributed by atoms with E-state index in [2.05, 4.69) is 27.7 Å². The van der Waals surface area contributed by atoms with Gasteiger partial charge in [0, 0.05) is 0 Å². The molecule has 88 valence electrons. The zero-order valence-electron chi connectivity index (χ0n) is 11.1. The SMILES string of the molecule is C1CCC1.CCCC.CCCCCC. The van der Waals surface area contributed by atoms with Crippen LogP contribution in [0.15, 0.2) is 0 Å². The van der Waals surface area contributed by atoms with Gasteiger partial charge in [0.25, 0.3) is 0 Å². The highest BCUT2D eigenvalue weighted by molar-refractivity contribution is 4.50. The normalized spacial score (nSPS) is 12.9. The molecule has 1 aliphatic carbocycles. The second kappa shape index (κ2) is 18.7. The fourth-order valence-corrected chi connectivity index (χ4v) is 0.750. The maximum absolute atomic E-state index is 2.23. The minimum absolute atomic E-state index is 1.32. The topological polar surface area (TPSA) is 0 Å². The van der Waals surface area contributed by atoms with Gasteiger partial charge in [0.1, 0.15) is 0 Å². The summed E-state index contributed by atoms with van der Waals surface area (Å²) in [6.45, 7) is 8.82. The van der Waals surface area contributed by atoms with Gasteiger partial charge in [-0.1, -0.05) is 91.9 Å². The van der Waals surface area contributed by atoms with E-state index in [-0.39, 0.29) is 0 Å².